The molecule has 3 heteroatoms. The summed E-state index contributed by atoms with van der Waals surface area (Å²) in [7, 11) is 0. The summed E-state index contributed by atoms with van der Waals surface area (Å²) in [6.45, 7) is 2.13. The third-order valence-electron chi connectivity index (χ3n) is 4.53. The molecule has 0 saturated carbocycles. The van der Waals surface area contributed by atoms with E-state index in [2.05, 4.69) is 29.4 Å². The van der Waals surface area contributed by atoms with E-state index in [0.717, 1.165) is 34.4 Å². The summed E-state index contributed by atoms with van der Waals surface area (Å²) in [5.41, 5.74) is 6.93. The van der Waals surface area contributed by atoms with Gasteiger partial charge in [0.1, 0.15) is 0 Å². The predicted octanol–water partition coefficient (Wildman–Crippen LogP) is 4.80. The standard InChI is InChI=1S/C22H18N2O/c1-2-15-6-3-4-7-16(15)12-20-19-10-9-17(13-21(19)24-22(20)25)18-8-5-11-23-14-18/h3-14H,2H2,1H3,(H,24,25)/b20-12+. The molecule has 2 heterocycles. The molecule has 3 nitrogen and oxygen atoms in total. The Balaban J connectivity index is 1.77. The van der Waals surface area contributed by atoms with Crippen molar-refractivity contribution in [3.63, 3.8) is 0 Å². The van der Waals surface area contributed by atoms with Crippen LogP contribution in [0.3, 0.4) is 0 Å². The van der Waals surface area contributed by atoms with E-state index in [1.807, 2.05) is 54.7 Å². The molecule has 0 spiro atoms. The van der Waals surface area contributed by atoms with E-state index in [1.165, 1.54) is 5.56 Å². The molecule has 3 aromatic rings. The molecule has 0 fully saturated rings. The fourth-order valence-corrected chi connectivity index (χ4v) is 3.20. The fraction of sp³-hybridized carbons (Fsp3) is 0.0909. The van der Waals surface area contributed by atoms with Gasteiger partial charge in [0.25, 0.3) is 5.91 Å². The van der Waals surface area contributed by atoms with Gasteiger partial charge in [0, 0.05) is 34.8 Å². The first-order valence-corrected chi connectivity index (χ1v) is 8.42. The van der Waals surface area contributed by atoms with Crippen molar-refractivity contribution < 1.29 is 4.79 Å². The number of rotatable bonds is 3. The smallest absolute Gasteiger partial charge is 0.256 e. The lowest BCUT2D eigenvalue weighted by molar-refractivity contribution is -0.110. The van der Waals surface area contributed by atoms with E-state index >= 15 is 0 Å². The SMILES string of the molecule is CCc1ccccc1/C=C1/C(=O)Nc2cc(-c3cccnc3)ccc21. The third kappa shape index (κ3) is 2.85. The first-order chi connectivity index (χ1) is 12.3. The van der Waals surface area contributed by atoms with Crippen LogP contribution in [-0.4, -0.2) is 10.9 Å². The summed E-state index contributed by atoms with van der Waals surface area (Å²) in [6.07, 6.45) is 6.51. The summed E-state index contributed by atoms with van der Waals surface area (Å²) >= 11 is 0. The number of fused-ring (bicyclic) bond motifs is 1. The number of pyridine rings is 1. The van der Waals surface area contributed by atoms with Gasteiger partial charge in [-0.25, -0.2) is 0 Å². The van der Waals surface area contributed by atoms with Gasteiger partial charge in [0.15, 0.2) is 0 Å². The van der Waals surface area contributed by atoms with Crippen LogP contribution in [0.1, 0.15) is 23.6 Å². The zero-order chi connectivity index (χ0) is 17.2. The number of nitrogens with zero attached hydrogens (tertiary/aromatic N) is 1. The number of hydrogen-bond acceptors (Lipinski definition) is 2. The topological polar surface area (TPSA) is 42.0 Å². The van der Waals surface area contributed by atoms with Crippen molar-refractivity contribution >= 4 is 23.2 Å². The number of aromatic nitrogens is 1. The quantitative estimate of drug-likeness (QED) is 0.702. The van der Waals surface area contributed by atoms with Crippen LogP contribution in [0.25, 0.3) is 22.8 Å². The predicted molar refractivity (Wildman–Crippen MR) is 102 cm³/mol. The molecule has 0 aliphatic carbocycles. The lowest BCUT2D eigenvalue weighted by Gasteiger charge is -2.05. The Hall–Kier alpha value is -3.20. The number of nitrogens with one attached hydrogen (secondary N) is 1. The Morgan fingerprint density at radius 1 is 1.04 bits per heavy atom. The monoisotopic (exact) mass is 326 g/mol. The van der Waals surface area contributed by atoms with E-state index in [1.54, 1.807) is 6.20 Å². The van der Waals surface area contributed by atoms with Gasteiger partial charge in [0.2, 0.25) is 0 Å². The maximum absolute atomic E-state index is 12.5. The van der Waals surface area contributed by atoms with Gasteiger partial charge in [-0.1, -0.05) is 49.4 Å². The Bertz CT molecular complexity index is 974. The van der Waals surface area contributed by atoms with E-state index in [0.29, 0.717) is 5.57 Å². The minimum atomic E-state index is -0.0516. The number of benzene rings is 2. The van der Waals surface area contributed by atoms with Crippen LogP contribution < -0.4 is 5.32 Å². The van der Waals surface area contributed by atoms with Crippen molar-refractivity contribution in [3.05, 3.63) is 83.7 Å². The van der Waals surface area contributed by atoms with Gasteiger partial charge in [-0.3, -0.25) is 9.78 Å². The van der Waals surface area contributed by atoms with Crippen molar-refractivity contribution in [2.75, 3.05) is 5.32 Å². The van der Waals surface area contributed by atoms with E-state index in [4.69, 9.17) is 0 Å². The Kier molecular flexibility index (Phi) is 3.90. The third-order valence-corrected chi connectivity index (χ3v) is 4.53. The first kappa shape index (κ1) is 15.3. The Morgan fingerprint density at radius 2 is 1.92 bits per heavy atom. The minimum Gasteiger partial charge on any atom is -0.321 e. The second-order valence-corrected chi connectivity index (χ2v) is 6.07. The van der Waals surface area contributed by atoms with Crippen LogP contribution in [0, 0.1) is 0 Å². The normalized spacial score (nSPS) is 14.4. The van der Waals surface area contributed by atoms with Gasteiger partial charge in [0.05, 0.1) is 0 Å². The summed E-state index contributed by atoms with van der Waals surface area (Å²) in [6, 6.07) is 18.2. The molecule has 1 N–H and O–H groups in total. The van der Waals surface area contributed by atoms with Crippen LogP contribution in [0.15, 0.2) is 67.0 Å². The summed E-state index contributed by atoms with van der Waals surface area (Å²) in [5.74, 6) is -0.0516. The molecule has 0 saturated heterocycles. The average Bonchev–Trinajstić information content (AvgIpc) is 2.97. The zero-order valence-corrected chi connectivity index (χ0v) is 14.0. The second kappa shape index (κ2) is 6.36. The van der Waals surface area contributed by atoms with Gasteiger partial charge in [-0.15, -0.1) is 0 Å². The highest BCUT2D eigenvalue weighted by atomic mass is 16.2. The Labute approximate surface area is 147 Å². The summed E-state index contributed by atoms with van der Waals surface area (Å²) < 4.78 is 0. The van der Waals surface area contributed by atoms with Crippen LogP contribution >= 0.6 is 0 Å². The molecule has 4 rings (SSSR count). The molecule has 0 unspecified atom stereocenters. The van der Waals surface area contributed by atoms with Crippen molar-refractivity contribution in [3.8, 4) is 11.1 Å². The Morgan fingerprint density at radius 3 is 2.72 bits per heavy atom. The largest absolute Gasteiger partial charge is 0.321 e. The van der Waals surface area contributed by atoms with Crippen molar-refractivity contribution in [1.82, 2.24) is 4.98 Å². The first-order valence-electron chi connectivity index (χ1n) is 8.42. The van der Waals surface area contributed by atoms with Crippen LogP contribution in [0.2, 0.25) is 0 Å². The van der Waals surface area contributed by atoms with Gasteiger partial charge >= 0.3 is 0 Å². The highest BCUT2D eigenvalue weighted by Crippen LogP contribution is 2.36. The highest BCUT2D eigenvalue weighted by molar-refractivity contribution is 6.35. The summed E-state index contributed by atoms with van der Waals surface area (Å²) in [5, 5.41) is 2.99. The molecule has 0 atom stereocenters. The van der Waals surface area contributed by atoms with Crippen molar-refractivity contribution in [1.29, 1.82) is 0 Å². The summed E-state index contributed by atoms with van der Waals surface area (Å²) in [4.78, 5) is 16.7. The molecule has 2 aromatic carbocycles. The molecular formula is C22H18N2O. The highest BCUT2D eigenvalue weighted by Gasteiger charge is 2.24. The number of aryl methyl sites for hydroxylation is 1. The van der Waals surface area contributed by atoms with Gasteiger partial charge < -0.3 is 5.32 Å². The molecule has 0 radical (unpaired) electrons. The van der Waals surface area contributed by atoms with Crippen LogP contribution in [0.4, 0.5) is 5.69 Å². The molecule has 1 amide bonds. The molecule has 25 heavy (non-hydrogen) atoms. The number of carbonyl (C=O) groups excluding carboxylic acids is 1. The van der Waals surface area contributed by atoms with Crippen molar-refractivity contribution in [2.24, 2.45) is 0 Å². The number of carbonyl (C=O) groups is 1. The maximum Gasteiger partial charge on any atom is 0.256 e. The number of anilines is 1. The maximum atomic E-state index is 12.5. The van der Waals surface area contributed by atoms with Crippen molar-refractivity contribution in [2.45, 2.75) is 13.3 Å². The molecular weight excluding hydrogens is 308 g/mol. The zero-order valence-electron chi connectivity index (χ0n) is 14.0. The number of amides is 1. The number of hydrogen-bond donors (Lipinski definition) is 1. The lowest BCUT2D eigenvalue weighted by Crippen LogP contribution is -2.03. The fourth-order valence-electron chi connectivity index (χ4n) is 3.20. The van der Waals surface area contributed by atoms with Gasteiger partial charge in [-0.05, 0) is 41.3 Å². The molecule has 1 aromatic heterocycles. The van der Waals surface area contributed by atoms with E-state index in [-0.39, 0.29) is 5.91 Å². The minimum absolute atomic E-state index is 0.0516. The van der Waals surface area contributed by atoms with Crippen LogP contribution in [-0.2, 0) is 11.2 Å². The van der Waals surface area contributed by atoms with Crippen LogP contribution in [0.5, 0.6) is 0 Å². The van der Waals surface area contributed by atoms with Gasteiger partial charge in [-0.2, -0.15) is 0 Å². The molecule has 1 aliphatic heterocycles. The average molecular weight is 326 g/mol. The van der Waals surface area contributed by atoms with E-state index in [9.17, 15) is 4.79 Å². The second-order valence-electron chi connectivity index (χ2n) is 6.07. The lowest BCUT2D eigenvalue weighted by atomic mass is 9.98. The molecule has 1 aliphatic rings. The molecule has 0 bridgehead atoms. The van der Waals surface area contributed by atoms with E-state index < -0.39 is 0 Å². The molecule has 122 valence electrons.